The van der Waals surface area contributed by atoms with Crippen LogP contribution in [-0.4, -0.2) is 44.0 Å². The molecular formula is C22H25N5O2. The topological polar surface area (TPSA) is 76.3 Å². The Balaban J connectivity index is 1.47. The molecule has 3 aromatic rings. The molecule has 2 aliphatic rings. The lowest BCUT2D eigenvalue weighted by atomic mass is 9.94. The van der Waals surface area contributed by atoms with E-state index in [1.54, 1.807) is 18.6 Å². The first-order valence-corrected chi connectivity index (χ1v) is 10.4. The normalized spacial score (nSPS) is 17.4. The van der Waals surface area contributed by atoms with E-state index in [0.29, 0.717) is 23.9 Å². The van der Waals surface area contributed by atoms with Gasteiger partial charge in [0.15, 0.2) is 11.6 Å². The molecule has 29 heavy (non-hydrogen) atoms. The van der Waals surface area contributed by atoms with Gasteiger partial charge in [0.2, 0.25) is 0 Å². The molecule has 1 aromatic carbocycles. The maximum atomic E-state index is 10.6. The Labute approximate surface area is 170 Å². The van der Waals surface area contributed by atoms with Gasteiger partial charge in [0.05, 0.1) is 18.6 Å². The van der Waals surface area contributed by atoms with Gasteiger partial charge < -0.3 is 19.3 Å². The van der Waals surface area contributed by atoms with Crippen molar-refractivity contribution in [3.63, 3.8) is 0 Å². The summed E-state index contributed by atoms with van der Waals surface area (Å²) in [7, 11) is 0. The van der Waals surface area contributed by atoms with E-state index in [0.717, 1.165) is 30.2 Å². The molecule has 0 amide bonds. The summed E-state index contributed by atoms with van der Waals surface area (Å²) in [6, 6.07) is 7.93. The number of hydrogen-bond acceptors (Lipinski definition) is 6. The zero-order valence-electron chi connectivity index (χ0n) is 16.4. The summed E-state index contributed by atoms with van der Waals surface area (Å²) in [5.74, 6) is 1.76. The molecule has 3 heterocycles. The number of phenols is 1. The molecule has 1 saturated carbocycles. The number of benzene rings is 1. The average Bonchev–Trinajstić information content (AvgIpc) is 3.21. The van der Waals surface area contributed by atoms with Crippen LogP contribution >= 0.6 is 0 Å². The molecule has 0 atom stereocenters. The second kappa shape index (κ2) is 7.73. The Hall–Kier alpha value is -3.09. The number of anilines is 1. The third-order valence-electron chi connectivity index (χ3n) is 5.89. The van der Waals surface area contributed by atoms with Crippen LogP contribution in [0.5, 0.6) is 11.5 Å². The lowest BCUT2D eigenvalue weighted by Gasteiger charge is -2.34. The smallest absolute Gasteiger partial charge is 0.194 e. The number of imidazole rings is 1. The second-order valence-electron chi connectivity index (χ2n) is 7.78. The van der Waals surface area contributed by atoms with Gasteiger partial charge in [0.1, 0.15) is 11.4 Å². The van der Waals surface area contributed by atoms with Gasteiger partial charge in [-0.2, -0.15) is 0 Å². The monoisotopic (exact) mass is 391 g/mol. The third-order valence-corrected chi connectivity index (χ3v) is 5.89. The zero-order chi connectivity index (χ0) is 19.6. The summed E-state index contributed by atoms with van der Waals surface area (Å²) in [5, 5.41) is 19.6. The molecule has 0 bridgehead atoms. The van der Waals surface area contributed by atoms with Crippen molar-refractivity contribution >= 4 is 5.82 Å². The van der Waals surface area contributed by atoms with Crippen molar-refractivity contribution in [3.05, 3.63) is 43.0 Å². The number of hydrogen-bond donors (Lipinski definition) is 1. The number of nitrogens with zero attached hydrogens (tertiary/aromatic N) is 5. The fraction of sp³-hybridized carbons (Fsp3) is 0.409. The quantitative estimate of drug-likeness (QED) is 0.728. The van der Waals surface area contributed by atoms with E-state index in [-0.39, 0.29) is 5.75 Å². The van der Waals surface area contributed by atoms with Crippen molar-refractivity contribution in [1.82, 2.24) is 19.7 Å². The van der Waals surface area contributed by atoms with Gasteiger partial charge in [-0.15, -0.1) is 10.2 Å². The van der Waals surface area contributed by atoms with Crippen LogP contribution < -0.4 is 9.64 Å². The van der Waals surface area contributed by atoms with Gasteiger partial charge in [-0.25, -0.2) is 4.98 Å². The van der Waals surface area contributed by atoms with Gasteiger partial charge in [0.25, 0.3) is 0 Å². The van der Waals surface area contributed by atoms with Crippen LogP contribution in [0.3, 0.4) is 0 Å². The van der Waals surface area contributed by atoms with E-state index in [2.05, 4.69) is 20.1 Å². The number of rotatable bonds is 3. The van der Waals surface area contributed by atoms with Crippen LogP contribution in [0.4, 0.5) is 5.82 Å². The number of ether oxygens (including phenoxy) is 1. The Bertz CT molecular complexity index is 983. The molecule has 1 fully saturated rings. The Kier molecular flexibility index (Phi) is 4.79. The minimum Gasteiger partial charge on any atom is -0.507 e. The highest BCUT2D eigenvalue weighted by Crippen LogP contribution is 2.37. The zero-order valence-corrected chi connectivity index (χ0v) is 16.4. The number of phenolic OH excluding ortho intramolecular Hbond substituents is 1. The second-order valence-corrected chi connectivity index (χ2v) is 7.78. The van der Waals surface area contributed by atoms with Gasteiger partial charge in [-0.3, -0.25) is 0 Å². The Morgan fingerprint density at radius 3 is 2.72 bits per heavy atom. The minimum absolute atomic E-state index is 0.156. The fourth-order valence-corrected chi connectivity index (χ4v) is 4.39. The van der Waals surface area contributed by atoms with Crippen molar-refractivity contribution in [3.8, 4) is 28.4 Å². The van der Waals surface area contributed by atoms with E-state index >= 15 is 0 Å². The lowest BCUT2D eigenvalue weighted by molar-refractivity contribution is 0.320. The van der Waals surface area contributed by atoms with Crippen LogP contribution in [0, 0.1) is 0 Å². The van der Waals surface area contributed by atoms with Crippen LogP contribution in [0.1, 0.15) is 38.5 Å². The summed E-state index contributed by atoms with van der Waals surface area (Å²) in [6.45, 7) is 1.63. The summed E-state index contributed by atoms with van der Waals surface area (Å²) >= 11 is 0. The van der Waals surface area contributed by atoms with E-state index in [1.807, 2.05) is 29.0 Å². The number of aromatic hydroxyl groups is 1. The molecular weight excluding hydrogens is 366 g/mol. The molecule has 0 radical (unpaired) electrons. The molecule has 1 N–H and O–H groups in total. The van der Waals surface area contributed by atoms with Crippen molar-refractivity contribution in [1.29, 1.82) is 0 Å². The highest BCUT2D eigenvalue weighted by atomic mass is 16.5. The molecule has 1 aliphatic carbocycles. The van der Waals surface area contributed by atoms with E-state index in [9.17, 15) is 5.11 Å². The van der Waals surface area contributed by atoms with Gasteiger partial charge in [0, 0.05) is 42.7 Å². The van der Waals surface area contributed by atoms with Crippen LogP contribution in [0.15, 0.2) is 43.0 Å². The molecule has 5 rings (SSSR count). The Morgan fingerprint density at radius 1 is 1.03 bits per heavy atom. The van der Waals surface area contributed by atoms with Gasteiger partial charge in [-0.1, -0.05) is 19.3 Å². The fourth-order valence-electron chi connectivity index (χ4n) is 4.39. The van der Waals surface area contributed by atoms with Crippen molar-refractivity contribution in [2.75, 3.05) is 18.1 Å². The number of aromatic nitrogens is 4. The molecule has 7 heteroatoms. The standard InChI is InChI=1S/C22H25N5O2/c28-20-13-17(26-11-9-23-15-26)7-8-18(20)19-14-21-22(25-24-19)27(10-4-12-29-21)16-5-2-1-3-6-16/h7-9,11,13-16,28H,1-6,10,12H2. The van der Waals surface area contributed by atoms with Crippen LogP contribution in [0.25, 0.3) is 16.9 Å². The molecule has 150 valence electrons. The summed E-state index contributed by atoms with van der Waals surface area (Å²) in [6.07, 6.45) is 12.5. The molecule has 0 spiro atoms. The van der Waals surface area contributed by atoms with E-state index in [1.165, 1.54) is 32.1 Å². The average molecular weight is 391 g/mol. The maximum absolute atomic E-state index is 10.6. The summed E-state index contributed by atoms with van der Waals surface area (Å²) < 4.78 is 7.86. The molecule has 0 saturated heterocycles. The minimum atomic E-state index is 0.156. The van der Waals surface area contributed by atoms with Gasteiger partial charge in [-0.05, 0) is 31.4 Å². The highest BCUT2D eigenvalue weighted by Gasteiger charge is 2.27. The van der Waals surface area contributed by atoms with Crippen molar-refractivity contribution in [2.45, 2.75) is 44.6 Å². The summed E-state index contributed by atoms with van der Waals surface area (Å²) in [5.41, 5.74) is 2.09. The molecule has 7 nitrogen and oxygen atoms in total. The largest absolute Gasteiger partial charge is 0.507 e. The maximum Gasteiger partial charge on any atom is 0.194 e. The van der Waals surface area contributed by atoms with Crippen molar-refractivity contribution in [2.24, 2.45) is 0 Å². The first-order valence-electron chi connectivity index (χ1n) is 10.4. The highest BCUT2D eigenvalue weighted by molar-refractivity contribution is 5.71. The molecule has 1 aliphatic heterocycles. The first kappa shape index (κ1) is 18.0. The van der Waals surface area contributed by atoms with Crippen LogP contribution in [-0.2, 0) is 0 Å². The van der Waals surface area contributed by atoms with Crippen molar-refractivity contribution < 1.29 is 9.84 Å². The predicted octanol–water partition coefficient (Wildman–Crippen LogP) is 3.96. The Morgan fingerprint density at radius 2 is 1.93 bits per heavy atom. The van der Waals surface area contributed by atoms with Crippen LogP contribution in [0.2, 0.25) is 0 Å². The molecule has 0 unspecified atom stereocenters. The van der Waals surface area contributed by atoms with E-state index < -0.39 is 0 Å². The third kappa shape index (κ3) is 3.52. The number of fused-ring (bicyclic) bond motifs is 1. The van der Waals surface area contributed by atoms with E-state index in [4.69, 9.17) is 4.74 Å². The SMILES string of the molecule is Oc1cc(-n2ccnc2)ccc1-c1cc2c(nn1)N(C1CCCCC1)CCCO2. The predicted molar refractivity (Wildman–Crippen MR) is 111 cm³/mol. The summed E-state index contributed by atoms with van der Waals surface area (Å²) in [4.78, 5) is 6.44. The first-order chi connectivity index (χ1) is 14.3. The van der Waals surface area contributed by atoms with Gasteiger partial charge >= 0.3 is 0 Å². The molecule has 2 aromatic heterocycles. The lowest BCUT2D eigenvalue weighted by Crippen LogP contribution is -2.38.